The van der Waals surface area contributed by atoms with Crippen molar-refractivity contribution in [1.29, 1.82) is 0 Å². The van der Waals surface area contributed by atoms with Crippen molar-refractivity contribution in [3.05, 3.63) is 58.6 Å². The largest absolute Gasteiger partial charge is 0.494 e. The van der Waals surface area contributed by atoms with Gasteiger partial charge in [0.2, 0.25) is 11.8 Å². The fourth-order valence-corrected chi connectivity index (χ4v) is 2.96. The maximum atomic E-state index is 12.5. The molecule has 0 radical (unpaired) electrons. The van der Waals surface area contributed by atoms with Gasteiger partial charge in [0.1, 0.15) is 5.75 Å². The Hall–Kier alpha value is -3.42. The molecular weight excluding hydrogens is 350 g/mol. The van der Waals surface area contributed by atoms with Gasteiger partial charge in [0.15, 0.2) is 0 Å². The molecular formula is C19H19N3O5. The number of hydrogen-bond donors (Lipinski definition) is 1. The first-order valence-electron chi connectivity index (χ1n) is 8.56. The van der Waals surface area contributed by atoms with E-state index in [4.69, 9.17) is 4.74 Å². The van der Waals surface area contributed by atoms with E-state index in [0.29, 0.717) is 23.7 Å². The number of nitrogens with one attached hydrogen (secondary N) is 1. The Labute approximate surface area is 155 Å². The first-order chi connectivity index (χ1) is 13.0. The number of anilines is 2. The fraction of sp³-hybridized carbons (Fsp3) is 0.263. The maximum absolute atomic E-state index is 12.5. The van der Waals surface area contributed by atoms with Crippen LogP contribution in [0.5, 0.6) is 5.75 Å². The fourth-order valence-electron chi connectivity index (χ4n) is 2.96. The summed E-state index contributed by atoms with van der Waals surface area (Å²) in [6.07, 6.45) is 0.0912. The lowest BCUT2D eigenvalue weighted by Gasteiger charge is -2.17. The number of carbonyl (C=O) groups excluding carboxylic acids is 2. The molecule has 3 rings (SSSR count). The minimum absolute atomic E-state index is 0.0912. The number of hydrogen-bond acceptors (Lipinski definition) is 5. The third-order valence-electron chi connectivity index (χ3n) is 4.28. The monoisotopic (exact) mass is 369 g/mol. The second-order valence-corrected chi connectivity index (χ2v) is 6.13. The van der Waals surface area contributed by atoms with E-state index >= 15 is 0 Å². The van der Waals surface area contributed by atoms with Crippen LogP contribution in [0.15, 0.2) is 48.5 Å². The molecule has 0 unspecified atom stereocenters. The van der Waals surface area contributed by atoms with Crippen LogP contribution in [0.25, 0.3) is 0 Å². The van der Waals surface area contributed by atoms with Crippen molar-refractivity contribution in [3.8, 4) is 5.75 Å². The van der Waals surface area contributed by atoms with Crippen LogP contribution < -0.4 is 15.0 Å². The van der Waals surface area contributed by atoms with Gasteiger partial charge < -0.3 is 15.0 Å². The summed E-state index contributed by atoms with van der Waals surface area (Å²) in [5, 5.41) is 13.5. The van der Waals surface area contributed by atoms with Gasteiger partial charge in [-0.1, -0.05) is 6.07 Å². The number of ether oxygens (including phenoxy) is 1. The molecule has 1 atom stereocenters. The zero-order valence-electron chi connectivity index (χ0n) is 14.8. The minimum Gasteiger partial charge on any atom is -0.494 e. The van der Waals surface area contributed by atoms with E-state index < -0.39 is 10.8 Å². The van der Waals surface area contributed by atoms with Crippen LogP contribution in [0.3, 0.4) is 0 Å². The normalized spacial score (nSPS) is 16.3. The van der Waals surface area contributed by atoms with Crippen LogP contribution in [0.1, 0.15) is 13.3 Å². The third-order valence-corrected chi connectivity index (χ3v) is 4.28. The molecule has 8 nitrogen and oxygen atoms in total. The zero-order chi connectivity index (χ0) is 19.4. The second kappa shape index (κ2) is 7.86. The van der Waals surface area contributed by atoms with Gasteiger partial charge in [-0.05, 0) is 37.3 Å². The van der Waals surface area contributed by atoms with Crippen molar-refractivity contribution in [1.82, 2.24) is 0 Å². The number of non-ortho nitro benzene ring substituents is 1. The molecule has 1 heterocycles. The number of nitro benzene ring substituents is 1. The lowest BCUT2D eigenvalue weighted by Crippen LogP contribution is -2.28. The molecule has 0 spiro atoms. The molecule has 0 aliphatic carbocycles. The Kier molecular flexibility index (Phi) is 5.35. The molecule has 1 N–H and O–H groups in total. The van der Waals surface area contributed by atoms with Gasteiger partial charge in [-0.3, -0.25) is 19.7 Å². The van der Waals surface area contributed by atoms with Crippen molar-refractivity contribution in [3.63, 3.8) is 0 Å². The quantitative estimate of drug-likeness (QED) is 0.623. The van der Waals surface area contributed by atoms with Crippen LogP contribution >= 0.6 is 0 Å². The molecule has 0 saturated carbocycles. The SMILES string of the molecule is CCOc1ccc(N2C[C@H](C(=O)Nc3cccc([N+](=O)[O-])c3)CC2=O)cc1. The topological polar surface area (TPSA) is 102 Å². The van der Waals surface area contributed by atoms with E-state index in [9.17, 15) is 19.7 Å². The summed E-state index contributed by atoms with van der Waals surface area (Å²) >= 11 is 0. The molecule has 2 aromatic rings. The summed E-state index contributed by atoms with van der Waals surface area (Å²) in [4.78, 5) is 36.7. The van der Waals surface area contributed by atoms with Crippen LogP contribution in [-0.2, 0) is 9.59 Å². The van der Waals surface area contributed by atoms with Gasteiger partial charge in [-0.25, -0.2) is 0 Å². The van der Waals surface area contributed by atoms with Crippen molar-refractivity contribution in [2.24, 2.45) is 5.92 Å². The highest BCUT2D eigenvalue weighted by Crippen LogP contribution is 2.28. The van der Waals surface area contributed by atoms with Crippen molar-refractivity contribution >= 4 is 28.9 Å². The number of rotatable bonds is 6. The highest BCUT2D eigenvalue weighted by atomic mass is 16.6. The van der Waals surface area contributed by atoms with Crippen molar-refractivity contribution < 1.29 is 19.2 Å². The van der Waals surface area contributed by atoms with Crippen molar-refractivity contribution in [2.75, 3.05) is 23.4 Å². The molecule has 8 heteroatoms. The average molecular weight is 369 g/mol. The smallest absolute Gasteiger partial charge is 0.271 e. The summed E-state index contributed by atoms with van der Waals surface area (Å²) in [5.74, 6) is -0.285. The molecule has 2 aromatic carbocycles. The molecule has 0 aromatic heterocycles. The van der Waals surface area contributed by atoms with E-state index in [1.807, 2.05) is 6.92 Å². The molecule has 27 heavy (non-hydrogen) atoms. The summed E-state index contributed by atoms with van der Waals surface area (Å²) in [6.45, 7) is 2.71. The number of nitro groups is 1. The molecule has 1 aliphatic rings. The van der Waals surface area contributed by atoms with Crippen molar-refractivity contribution in [2.45, 2.75) is 13.3 Å². The third kappa shape index (κ3) is 4.22. The lowest BCUT2D eigenvalue weighted by molar-refractivity contribution is -0.384. The van der Waals surface area contributed by atoms with Crippen LogP contribution in [0.4, 0.5) is 17.1 Å². The van der Waals surface area contributed by atoms with Gasteiger partial charge in [-0.2, -0.15) is 0 Å². The average Bonchev–Trinajstić information content (AvgIpc) is 3.05. The summed E-state index contributed by atoms with van der Waals surface area (Å²) in [5.41, 5.74) is 0.932. The van der Waals surface area contributed by atoms with Gasteiger partial charge in [0.25, 0.3) is 5.69 Å². The standard InChI is InChI=1S/C19H19N3O5/c1-2-27-17-8-6-15(7-9-17)21-12-13(10-18(21)23)19(24)20-14-4-3-5-16(11-14)22(25)26/h3-9,11,13H,2,10,12H2,1H3,(H,20,24)/t13-/m1/s1. The van der Waals surface area contributed by atoms with Crippen LogP contribution in [-0.4, -0.2) is 29.9 Å². The number of amides is 2. The summed E-state index contributed by atoms with van der Waals surface area (Å²) in [6, 6.07) is 12.8. The zero-order valence-corrected chi connectivity index (χ0v) is 14.8. The molecule has 1 fully saturated rings. The Bertz CT molecular complexity index is 866. The van der Waals surface area contributed by atoms with E-state index in [1.54, 1.807) is 35.2 Å². The first kappa shape index (κ1) is 18.4. The van der Waals surface area contributed by atoms with Gasteiger partial charge in [0, 0.05) is 36.5 Å². The Morgan fingerprint density at radius 3 is 2.70 bits per heavy atom. The van der Waals surface area contributed by atoms with E-state index in [1.165, 1.54) is 18.2 Å². The van der Waals surface area contributed by atoms with Gasteiger partial charge in [-0.15, -0.1) is 0 Å². The van der Waals surface area contributed by atoms with E-state index in [2.05, 4.69) is 5.32 Å². The summed E-state index contributed by atoms with van der Waals surface area (Å²) in [7, 11) is 0. The number of benzene rings is 2. The highest BCUT2D eigenvalue weighted by Gasteiger charge is 2.35. The molecule has 1 saturated heterocycles. The van der Waals surface area contributed by atoms with Crippen LogP contribution in [0, 0.1) is 16.0 Å². The Morgan fingerprint density at radius 2 is 2.04 bits per heavy atom. The number of carbonyl (C=O) groups is 2. The van der Waals surface area contributed by atoms with E-state index in [-0.39, 0.29) is 30.5 Å². The van der Waals surface area contributed by atoms with Crippen LogP contribution in [0.2, 0.25) is 0 Å². The Balaban J connectivity index is 1.66. The molecule has 140 valence electrons. The predicted octanol–water partition coefficient (Wildman–Crippen LogP) is 2.99. The van der Waals surface area contributed by atoms with E-state index in [0.717, 1.165) is 0 Å². The molecule has 2 amide bonds. The Morgan fingerprint density at radius 1 is 1.30 bits per heavy atom. The van der Waals surface area contributed by atoms with Gasteiger partial charge in [0.05, 0.1) is 17.4 Å². The molecule has 1 aliphatic heterocycles. The maximum Gasteiger partial charge on any atom is 0.271 e. The second-order valence-electron chi connectivity index (χ2n) is 6.13. The first-order valence-corrected chi connectivity index (χ1v) is 8.56. The number of nitrogens with zero attached hydrogens (tertiary/aromatic N) is 2. The lowest BCUT2D eigenvalue weighted by atomic mass is 10.1. The molecule has 0 bridgehead atoms. The minimum atomic E-state index is -0.525. The highest BCUT2D eigenvalue weighted by molar-refractivity contribution is 6.03. The van der Waals surface area contributed by atoms with Gasteiger partial charge >= 0.3 is 0 Å². The summed E-state index contributed by atoms with van der Waals surface area (Å²) < 4.78 is 5.39. The predicted molar refractivity (Wildman–Crippen MR) is 99.8 cm³/mol.